The number of fused-ring (bicyclic) bond motifs is 2. The average Bonchev–Trinajstić information content (AvgIpc) is 2.54. The number of rotatable bonds is 3. The minimum atomic E-state index is -0.901. The molecule has 106 valence electrons. The average molecular weight is 280 g/mol. The second-order valence-electron chi connectivity index (χ2n) is 4.98. The molecule has 2 aromatic rings. The number of carbonyl (C=O) groups excluding carboxylic acids is 1. The fourth-order valence-electron chi connectivity index (χ4n) is 2.99. The number of hydrogen-bond acceptors (Lipinski definition) is 3. The van der Waals surface area contributed by atoms with Crippen molar-refractivity contribution in [2.45, 2.75) is 11.8 Å². The van der Waals surface area contributed by atoms with E-state index in [0.29, 0.717) is 17.9 Å². The zero-order chi connectivity index (χ0) is 14.9. The van der Waals surface area contributed by atoms with Gasteiger partial charge in [0.15, 0.2) is 0 Å². The highest BCUT2D eigenvalue weighted by Crippen LogP contribution is 2.50. The summed E-state index contributed by atoms with van der Waals surface area (Å²) in [4.78, 5) is 12.7. The highest BCUT2D eigenvalue weighted by Gasteiger charge is 2.48. The molecule has 3 nitrogen and oxygen atoms in total. The summed E-state index contributed by atoms with van der Waals surface area (Å²) in [6.07, 6.45) is 2.20. The number of methoxy groups -OCH3 is 1. The van der Waals surface area contributed by atoms with Gasteiger partial charge in [0.1, 0.15) is 16.9 Å². The van der Waals surface area contributed by atoms with Crippen molar-refractivity contribution in [2.24, 2.45) is 0 Å². The molecule has 1 aliphatic heterocycles. The van der Waals surface area contributed by atoms with E-state index in [1.807, 2.05) is 48.5 Å². The van der Waals surface area contributed by atoms with E-state index in [1.165, 1.54) is 7.11 Å². The third kappa shape index (κ3) is 1.85. The molecule has 0 atom stereocenters. The molecule has 0 N–H and O–H groups in total. The zero-order valence-corrected chi connectivity index (χ0v) is 11.8. The van der Waals surface area contributed by atoms with E-state index in [2.05, 4.69) is 6.58 Å². The predicted molar refractivity (Wildman–Crippen MR) is 80.6 cm³/mol. The van der Waals surface area contributed by atoms with Crippen molar-refractivity contribution < 1.29 is 14.3 Å². The van der Waals surface area contributed by atoms with Crippen LogP contribution < -0.4 is 4.74 Å². The van der Waals surface area contributed by atoms with Crippen LogP contribution in [0.5, 0.6) is 11.5 Å². The summed E-state index contributed by atoms with van der Waals surface area (Å²) >= 11 is 0. The topological polar surface area (TPSA) is 35.5 Å². The van der Waals surface area contributed by atoms with Crippen LogP contribution in [0.25, 0.3) is 0 Å². The molecule has 0 spiro atoms. The highest BCUT2D eigenvalue weighted by atomic mass is 16.5. The number of hydrogen-bond donors (Lipinski definition) is 0. The Balaban J connectivity index is 2.35. The Labute approximate surface area is 123 Å². The molecule has 0 aromatic heterocycles. The van der Waals surface area contributed by atoms with E-state index >= 15 is 0 Å². The summed E-state index contributed by atoms with van der Waals surface area (Å²) in [6, 6.07) is 15.1. The molecular formula is C18H16O3. The maximum Gasteiger partial charge on any atom is 0.321 e. The number of esters is 1. The molecule has 0 radical (unpaired) electrons. The Hall–Kier alpha value is -2.55. The van der Waals surface area contributed by atoms with Crippen LogP contribution in [-0.2, 0) is 14.9 Å². The summed E-state index contributed by atoms with van der Waals surface area (Å²) in [7, 11) is 1.41. The predicted octanol–water partition coefficient (Wildman–Crippen LogP) is 3.83. The Morgan fingerprint density at radius 1 is 1.14 bits per heavy atom. The largest absolute Gasteiger partial charge is 0.468 e. The normalized spacial score (nSPS) is 14.3. The van der Waals surface area contributed by atoms with Crippen LogP contribution in [0.3, 0.4) is 0 Å². The van der Waals surface area contributed by atoms with E-state index in [-0.39, 0.29) is 5.97 Å². The quantitative estimate of drug-likeness (QED) is 0.633. The van der Waals surface area contributed by atoms with Gasteiger partial charge in [-0.2, -0.15) is 0 Å². The number of ether oxygens (including phenoxy) is 2. The summed E-state index contributed by atoms with van der Waals surface area (Å²) in [6.45, 7) is 3.81. The van der Waals surface area contributed by atoms with E-state index < -0.39 is 5.41 Å². The van der Waals surface area contributed by atoms with Crippen molar-refractivity contribution in [3.8, 4) is 11.5 Å². The molecule has 0 saturated carbocycles. The van der Waals surface area contributed by atoms with Gasteiger partial charge in [0, 0.05) is 11.1 Å². The lowest BCUT2D eigenvalue weighted by molar-refractivity contribution is -0.146. The second-order valence-corrected chi connectivity index (χ2v) is 4.98. The molecule has 1 heterocycles. The van der Waals surface area contributed by atoms with Crippen LogP contribution >= 0.6 is 0 Å². The molecule has 0 aliphatic carbocycles. The van der Waals surface area contributed by atoms with Gasteiger partial charge in [-0.25, -0.2) is 0 Å². The molecule has 3 rings (SSSR count). The molecule has 3 heteroatoms. The summed E-state index contributed by atoms with van der Waals surface area (Å²) in [5.74, 6) is 1.07. The molecule has 0 unspecified atom stereocenters. The van der Waals surface area contributed by atoms with Crippen LogP contribution in [0.1, 0.15) is 17.5 Å². The van der Waals surface area contributed by atoms with Gasteiger partial charge in [0.05, 0.1) is 7.11 Å². The van der Waals surface area contributed by atoms with Crippen LogP contribution in [0.4, 0.5) is 0 Å². The highest BCUT2D eigenvalue weighted by molar-refractivity contribution is 5.91. The van der Waals surface area contributed by atoms with E-state index in [1.54, 1.807) is 6.08 Å². The van der Waals surface area contributed by atoms with Gasteiger partial charge in [0.2, 0.25) is 0 Å². The maximum atomic E-state index is 12.7. The van der Waals surface area contributed by atoms with Gasteiger partial charge in [0.25, 0.3) is 0 Å². The molecule has 21 heavy (non-hydrogen) atoms. The summed E-state index contributed by atoms with van der Waals surface area (Å²) in [5, 5.41) is 0. The first-order chi connectivity index (χ1) is 10.2. The number of carbonyl (C=O) groups is 1. The number of allylic oxidation sites excluding steroid dienone is 1. The van der Waals surface area contributed by atoms with Crippen molar-refractivity contribution >= 4 is 5.97 Å². The van der Waals surface area contributed by atoms with Gasteiger partial charge >= 0.3 is 5.97 Å². The third-order valence-corrected chi connectivity index (χ3v) is 3.90. The summed E-state index contributed by atoms with van der Waals surface area (Å²) < 4.78 is 11.0. The summed E-state index contributed by atoms with van der Waals surface area (Å²) in [5.41, 5.74) is 0.730. The first kappa shape index (κ1) is 13.4. The maximum absolute atomic E-state index is 12.7. The lowest BCUT2D eigenvalue weighted by atomic mass is 9.70. The van der Waals surface area contributed by atoms with E-state index in [9.17, 15) is 4.79 Å². The van der Waals surface area contributed by atoms with E-state index in [0.717, 1.165) is 11.1 Å². The monoisotopic (exact) mass is 280 g/mol. The first-order valence-electron chi connectivity index (χ1n) is 6.80. The molecule has 0 saturated heterocycles. The van der Waals surface area contributed by atoms with Crippen LogP contribution in [-0.4, -0.2) is 13.1 Å². The standard InChI is InChI=1S/C18H16O3/c1-3-12-18(17(19)20-2)13-8-4-6-10-15(13)21-16-11-7-5-9-14(16)18/h3-11H,1,12H2,2H3. The molecule has 2 aromatic carbocycles. The Bertz CT molecular complexity index is 658. The van der Waals surface area contributed by atoms with Crippen LogP contribution in [0, 0.1) is 0 Å². The van der Waals surface area contributed by atoms with Gasteiger partial charge < -0.3 is 9.47 Å². The zero-order valence-electron chi connectivity index (χ0n) is 11.8. The fraction of sp³-hybridized carbons (Fsp3) is 0.167. The molecule has 0 fully saturated rings. The van der Waals surface area contributed by atoms with Crippen LogP contribution in [0.2, 0.25) is 0 Å². The van der Waals surface area contributed by atoms with Gasteiger partial charge in [-0.15, -0.1) is 6.58 Å². The molecule has 0 amide bonds. The number of benzene rings is 2. The minimum Gasteiger partial charge on any atom is -0.468 e. The molecular weight excluding hydrogens is 264 g/mol. The smallest absolute Gasteiger partial charge is 0.321 e. The van der Waals surface area contributed by atoms with Crippen molar-refractivity contribution in [2.75, 3.05) is 7.11 Å². The SMILES string of the molecule is C=CCC1(C(=O)OC)c2ccccc2Oc2ccccc21. The van der Waals surface area contributed by atoms with Crippen LogP contribution in [0.15, 0.2) is 61.2 Å². The van der Waals surface area contributed by atoms with Crippen molar-refractivity contribution in [3.05, 3.63) is 72.3 Å². The number of para-hydroxylation sites is 2. The first-order valence-corrected chi connectivity index (χ1v) is 6.80. The Morgan fingerprint density at radius 3 is 2.14 bits per heavy atom. The lowest BCUT2D eigenvalue weighted by Crippen LogP contribution is -2.40. The van der Waals surface area contributed by atoms with Crippen molar-refractivity contribution in [3.63, 3.8) is 0 Å². The minimum absolute atomic E-state index is 0.300. The fourth-order valence-corrected chi connectivity index (χ4v) is 2.99. The van der Waals surface area contributed by atoms with Gasteiger partial charge in [-0.05, 0) is 18.6 Å². The van der Waals surface area contributed by atoms with Crippen molar-refractivity contribution in [1.29, 1.82) is 0 Å². The Kier molecular flexibility index (Phi) is 3.26. The molecule has 1 aliphatic rings. The van der Waals surface area contributed by atoms with Gasteiger partial charge in [-0.3, -0.25) is 4.79 Å². The Morgan fingerprint density at radius 2 is 1.67 bits per heavy atom. The lowest BCUT2D eigenvalue weighted by Gasteiger charge is -2.37. The second kappa shape index (κ2) is 5.09. The van der Waals surface area contributed by atoms with E-state index in [4.69, 9.17) is 9.47 Å². The van der Waals surface area contributed by atoms with Gasteiger partial charge in [-0.1, -0.05) is 42.5 Å². The molecule has 0 bridgehead atoms. The third-order valence-electron chi connectivity index (χ3n) is 3.90. The van der Waals surface area contributed by atoms with Crippen molar-refractivity contribution in [1.82, 2.24) is 0 Å².